The highest BCUT2D eigenvalue weighted by Gasteiger charge is 2.25. The quantitative estimate of drug-likeness (QED) is 0.607. The van der Waals surface area contributed by atoms with Crippen LogP contribution in [-0.2, 0) is 4.79 Å². The second-order valence-electron chi connectivity index (χ2n) is 3.86. The van der Waals surface area contributed by atoms with Gasteiger partial charge in [-0.25, -0.2) is 0 Å². The van der Waals surface area contributed by atoms with Gasteiger partial charge in [0.15, 0.2) is 0 Å². The topological polar surface area (TPSA) is 17.1 Å². The Balaban J connectivity index is 4.13. The molecule has 1 radical (unpaired) electrons. The Labute approximate surface area is 74.2 Å². The number of ketones is 1. The zero-order chi connectivity index (χ0) is 9.07. The molecule has 0 aromatic rings. The van der Waals surface area contributed by atoms with Crippen molar-refractivity contribution in [3.05, 3.63) is 0 Å². The van der Waals surface area contributed by atoms with Crippen molar-refractivity contribution in [2.45, 2.75) is 34.1 Å². The van der Waals surface area contributed by atoms with E-state index in [9.17, 15) is 4.79 Å². The van der Waals surface area contributed by atoms with Crippen molar-refractivity contribution in [3.8, 4) is 0 Å². The van der Waals surface area contributed by atoms with E-state index in [0.29, 0.717) is 6.42 Å². The second-order valence-corrected chi connectivity index (χ2v) is 4.15. The summed E-state index contributed by atoms with van der Waals surface area (Å²) >= 11 is 4.57. The van der Waals surface area contributed by atoms with Crippen LogP contribution in [0, 0.1) is 11.3 Å². The maximum atomic E-state index is 11.5. The normalized spacial score (nSPS) is 14.2. The molecule has 0 amide bonds. The fourth-order valence-electron chi connectivity index (χ4n) is 0.957. The highest BCUT2D eigenvalue weighted by atomic mass is 32.1. The van der Waals surface area contributed by atoms with Crippen molar-refractivity contribution in [1.29, 1.82) is 0 Å². The lowest BCUT2D eigenvalue weighted by molar-refractivity contribution is -0.129. The van der Waals surface area contributed by atoms with Crippen LogP contribution in [0.4, 0.5) is 0 Å². The predicted octanol–water partition coefficient (Wildman–Crippen LogP) is 2.50. The Morgan fingerprint density at radius 3 is 2.27 bits per heavy atom. The standard InChI is InChI=1S/C9H15OS/c1-7(5-6-11)8(10)9(2,3)4/h7H,5H2,1-4H3. The molecule has 0 aliphatic rings. The Hall–Kier alpha value is -0.240. The highest BCUT2D eigenvalue weighted by Crippen LogP contribution is 2.21. The third-order valence-electron chi connectivity index (χ3n) is 1.58. The van der Waals surface area contributed by atoms with Crippen molar-refractivity contribution in [2.75, 3.05) is 0 Å². The van der Waals surface area contributed by atoms with Crippen LogP contribution >= 0.6 is 12.2 Å². The van der Waals surface area contributed by atoms with Crippen LogP contribution in [0.2, 0.25) is 0 Å². The van der Waals surface area contributed by atoms with Gasteiger partial charge in [0.25, 0.3) is 0 Å². The van der Waals surface area contributed by atoms with E-state index in [0.717, 1.165) is 0 Å². The Morgan fingerprint density at radius 2 is 2.00 bits per heavy atom. The van der Waals surface area contributed by atoms with E-state index in [1.807, 2.05) is 27.7 Å². The molecule has 63 valence electrons. The molecule has 0 rings (SSSR count). The van der Waals surface area contributed by atoms with Gasteiger partial charge >= 0.3 is 0 Å². The Kier molecular flexibility index (Phi) is 3.87. The van der Waals surface area contributed by atoms with Gasteiger partial charge in [0.05, 0.1) is 0 Å². The number of hydrogen-bond donors (Lipinski definition) is 0. The molecule has 0 aromatic heterocycles. The molecule has 0 saturated carbocycles. The molecule has 0 N–H and O–H groups in total. The van der Waals surface area contributed by atoms with Gasteiger partial charge in [-0.15, -0.1) is 0 Å². The molecule has 0 aliphatic carbocycles. The molecule has 0 saturated heterocycles. The van der Waals surface area contributed by atoms with Crippen LogP contribution < -0.4 is 0 Å². The molecule has 0 spiro atoms. The van der Waals surface area contributed by atoms with E-state index in [1.54, 1.807) is 0 Å². The molecular formula is C9H15OS. The van der Waals surface area contributed by atoms with E-state index in [4.69, 9.17) is 0 Å². The van der Waals surface area contributed by atoms with E-state index in [1.165, 1.54) is 0 Å². The van der Waals surface area contributed by atoms with Crippen LogP contribution in [0.1, 0.15) is 34.1 Å². The Bertz CT molecular complexity index is 155. The minimum absolute atomic E-state index is 0.0208. The summed E-state index contributed by atoms with van der Waals surface area (Å²) in [6.45, 7) is 7.67. The first-order valence-electron chi connectivity index (χ1n) is 3.79. The van der Waals surface area contributed by atoms with Gasteiger partial charge in [-0.05, 0) is 6.42 Å². The van der Waals surface area contributed by atoms with Crippen LogP contribution in [-0.4, -0.2) is 11.2 Å². The molecule has 0 aliphatic heterocycles. The first kappa shape index (κ1) is 10.8. The predicted molar refractivity (Wildman–Crippen MR) is 50.8 cm³/mol. The zero-order valence-electron chi connectivity index (χ0n) is 7.60. The third kappa shape index (κ3) is 3.61. The molecule has 0 fully saturated rings. The van der Waals surface area contributed by atoms with Gasteiger partial charge in [0, 0.05) is 16.7 Å². The highest BCUT2D eigenvalue weighted by molar-refractivity contribution is 7.78. The van der Waals surface area contributed by atoms with Crippen molar-refractivity contribution in [2.24, 2.45) is 11.3 Å². The largest absolute Gasteiger partial charge is 0.299 e. The minimum Gasteiger partial charge on any atom is -0.299 e. The number of thiocarbonyl (C=S) groups is 1. The van der Waals surface area contributed by atoms with Crippen molar-refractivity contribution < 1.29 is 4.79 Å². The van der Waals surface area contributed by atoms with E-state index >= 15 is 0 Å². The van der Waals surface area contributed by atoms with Gasteiger partial charge in [-0.2, -0.15) is 0 Å². The first-order chi connectivity index (χ1) is 4.89. The number of carbonyl (C=O) groups excluding carboxylic acids is 1. The van der Waals surface area contributed by atoms with E-state index in [2.05, 4.69) is 17.6 Å². The van der Waals surface area contributed by atoms with E-state index in [-0.39, 0.29) is 17.1 Å². The average molecular weight is 171 g/mol. The lowest BCUT2D eigenvalue weighted by Crippen LogP contribution is -2.26. The number of carbonyl (C=O) groups is 1. The maximum Gasteiger partial charge on any atom is 0.141 e. The average Bonchev–Trinajstić information content (AvgIpc) is 1.85. The molecule has 0 bridgehead atoms. The lowest BCUT2D eigenvalue weighted by atomic mass is 9.83. The first-order valence-corrected chi connectivity index (χ1v) is 4.19. The molecule has 11 heavy (non-hydrogen) atoms. The lowest BCUT2D eigenvalue weighted by Gasteiger charge is -2.20. The molecule has 0 heterocycles. The van der Waals surface area contributed by atoms with Crippen LogP contribution in [0.25, 0.3) is 0 Å². The Morgan fingerprint density at radius 1 is 1.55 bits per heavy atom. The van der Waals surface area contributed by atoms with Crippen LogP contribution in [0.3, 0.4) is 0 Å². The number of hydrogen-bond acceptors (Lipinski definition) is 2. The van der Waals surface area contributed by atoms with Gasteiger partial charge in [-0.3, -0.25) is 4.79 Å². The number of Topliss-reactive ketones (excluding diaryl/α,β-unsaturated/α-hetero) is 1. The molecule has 1 atom stereocenters. The van der Waals surface area contributed by atoms with Crippen LogP contribution in [0.15, 0.2) is 0 Å². The van der Waals surface area contributed by atoms with Crippen molar-refractivity contribution >= 4 is 23.4 Å². The monoisotopic (exact) mass is 171 g/mol. The molecular weight excluding hydrogens is 156 g/mol. The summed E-state index contributed by atoms with van der Waals surface area (Å²) in [5.41, 5.74) is -0.244. The SMILES string of the molecule is CC(C[C]=S)C(=O)C(C)(C)C. The summed E-state index contributed by atoms with van der Waals surface area (Å²) in [6.07, 6.45) is 0.589. The maximum absolute atomic E-state index is 11.5. The molecule has 2 heteroatoms. The summed E-state index contributed by atoms with van der Waals surface area (Å²) < 4.78 is 0. The summed E-state index contributed by atoms with van der Waals surface area (Å²) in [4.78, 5) is 11.5. The summed E-state index contributed by atoms with van der Waals surface area (Å²) in [6, 6.07) is 0. The number of rotatable bonds is 3. The molecule has 0 aromatic carbocycles. The smallest absolute Gasteiger partial charge is 0.141 e. The van der Waals surface area contributed by atoms with Crippen molar-refractivity contribution in [3.63, 3.8) is 0 Å². The summed E-state index contributed by atoms with van der Waals surface area (Å²) in [5.74, 6) is 0.280. The fraction of sp³-hybridized carbons (Fsp3) is 0.778. The van der Waals surface area contributed by atoms with Gasteiger partial charge in [-0.1, -0.05) is 39.9 Å². The third-order valence-corrected chi connectivity index (χ3v) is 1.74. The van der Waals surface area contributed by atoms with Crippen molar-refractivity contribution in [1.82, 2.24) is 0 Å². The van der Waals surface area contributed by atoms with Gasteiger partial charge in [0.1, 0.15) is 5.78 Å². The molecule has 1 nitrogen and oxygen atoms in total. The van der Waals surface area contributed by atoms with E-state index < -0.39 is 0 Å². The summed E-state index contributed by atoms with van der Waals surface area (Å²) in [5, 5.41) is 2.58. The zero-order valence-corrected chi connectivity index (χ0v) is 8.42. The minimum atomic E-state index is -0.244. The fourth-order valence-corrected chi connectivity index (χ4v) is 1.21. The second kappa shape index (κ2) is 3.96. The van der Waals surface area contributed by atoms with Gasteiger partial charge < -0.3 is 0 Å². The molecule has 1 unspecified atom stereocenters. The van der Waals surface area contributed by atoms with Crippen LogP contribution in [0.5, 0.6) is 0 Å². The summed E-state index contributed by atoms with van der Waals surface area (Å²) in [7, 11) is 0. The van der Waals surface area contributed by atoms with Gasteiger partial charge in [0.2, 0.25) is 0 Å².